The van der Waals surface area contributed by atoms with Crippen LogP contribution in [0.25, 0.3) is 11.4 Å². The molecule has 1 aliphatic rings. The Morgan fingerprint density at radius 2 is 2.15 bits per heavy atom. The highest BCUT2D eigenvalue weighted by atomic mass is 32.1. The molecule has 0 aliphatic heterocycles. The smallest absolute Gasteiger partial charge is 0.123 e. The topological polar surface area (TPSA) is 56.7 Å². The molecule has 4 nitrogen and oxygen atoms in total. The molecule has 2 aromatic rings. The Bertz CT molecular complexity index is 566. The van der Waals surface area contributed by atoms with Crippen LogP contribution in [0.4, 0.5) is 5.00 Å². The Balaban J connectivity index is 1.90. The average molecular weight is 290 g/mol. The van der Waals surface area contributed by atoms with E-state index in [1.807, 2.05) is 12.5 Å². The number of nitrogens with two attached hydrogens (primary N) is 1. The van der Waals surface area contributed by atoms with Crippen LogP contribution in [0, 0.1) is 0 Å². The summed E-state index contributed by atoms with van der Waals surface area (Å²) < 4.78 is 2.15. The number of aryl methyl sites for hydroxylation is 1. The van der Waals surface area contributed by atoms with E-state index in [4.69, 9.17) is 10.7 Å². The monoisotopic (exact) mass is 290 g/mol. The lowest BCUT2D eigenvalue weighted by Gasteiger charge is -2.18. The molecule has 2 N–H and O–H groups in total. The number of anilines is 1. The first kappa shape index (κ1) is 13.6. The summed E-state index contributed by atoms with van der Waals surface area (Å²) in [4.78, 5) is 9.10. The molecule has 0 atom stereocenters. The summed E-state index contributed by atoms with van der Waals surface area (Å²) >= 11 is 1.67. The standard InChI is InChI=1S/C15H22N4S/c1-2-8-19-10-17-9-12(19)13-14(16)20-15(18-13)11-6-4-3-5-7-11/h9-11H,2-8,16H2,1H3. The summed E-state index contributed by atoms with van der Waals surface area (Å²) in [5.74, 6) is 0.618. The van der Waals surface area contributed by atoms with Crippen LogP contribution in [0.2, 0.25) is 0 Å². The Hall–Kier alpha value is -1.36. The molecule has 108 valence electrons. The van der Waals surface area contributed by atoms with Crippen molar-refractivity contribution >= 4 is 16.3 Å². The van der Waals surface area contributed by atoms with Crippen LogP contribution in [-0.4, -0.2) is 14.5 Å². The van der Waals surface area contributed by atoms with Crippen LogP contribution >= 0.6 is 11.3 Å². The molecule has 0 unspecified atom stereocenters. The molecule has 0 amide bonds. The number of rotatable bonds is 4. The third kappa shape index (κ3) is 2.59. The van der Waals surface area contributed by atoms with Gasteiger partial charge in [-0.05, 0) is 19.3 Å². The lowest BCUT2D eigenvalue weighted by atomic mass is 9.90. The van der Waals surface area contributed by atoms with Crippen molar-refractivity contribution in [3.63, 3.8) is 0 Å². The van der Waals surface area contributed by atoms with Crippen LogP contribution in [-0.2, 0) is 6.54 Å². The number of nitrogens with zero attached hydrogens (tertiary/aromatic N) is 3. The van der Waals surface area contributed by atoms with Gasteiger partial charge in [-0.15, -0.1) is 11.3 Å². The van der Waals surface area contributed by atoms with Crippen LogP contribution in [0.5, 0.6) is 0 Å². The third-order valence-corrected chi connectivity index (χ3v) is 5.09. The molecule has 0 spiro atoms. The van der Waals surface area contributed by atoms with Gasteiger partial charge in [0.1, 0.15) is 10.7 Å². The maximum Gasteiger partial charge on any atom is 0.123 e. The van der Waals surface area contributed by atoms with Gasteiger partial charge in [0.25, 0.3) is 0 Å². The molecule has 1 saturated carbocycles. The van der Waals surface area contributed by atoms with E-state index >= 15 is 0 Å². The first-order chi connectivity index (χ1) is 9.79. The molecule has 2 aromatic heterocycles. The van der Waals surface area contributed by atoms with Crippen LogP contribution in [0.15, 0.2) is 12.5 Å². The minimum absolute atomic E-state index is 0.618. The van der Waals surface area contributed by atoms with E-state index in [1.165, 1.54) is 37.1 Å². The van der Waals surface area contributed by atoms with E-state index in [-0.39, 0.29) is 0 Å². The first-order valence-electron chi connectivity index (χ1n) is 7.56. The molecule has 1 aliphatic carbocycles. The Labute approximate surface area is 124 Å². The maximum atomic E-state index is 6.22. The van der Waals surface area contributed by atoms with Crippen molar-refractivity contribution in [1.29, 1.82) is 0 Å². The molecular formula is C15H22N4S. The van der Waals surface area contributed by atoms with Crippen LogP contribution < -0.4 is 5.73 Å². The van der Waals surface area contributed by atoms with Gasteiger partial charge >= 0.3 is 0 Å². The van der Waals surface area contributed by atoms with Gasteiger partial charge in [-0.25, -0.2) is 9.97 Å². The summed E-state index contributed by atoms with van der Waals surface area (Å²) in [6.07, 6.45) is 11.4. The molecule has 0 bridgehead atoms. The minimum Gasteiger partial charge on any atom is -0.389 e. The second-order valence-corrected chi connectivity index (χ2v) is 6.63. The zero-order chi connectivity index (χ0) is 13.9. The number of nitrogen functional groups attached to an aromatic ring is 1. The second kappa shape index (κ2) is 5.95. The summed E-state index contributed by atoms with van der Waals surface area (Å²) in [5.41, 5.74) is 8.21. The molecule has 5 heteroatoms. The average Bonchev–Trinajstić information content (AvgIpc) is 3.07. The lowest BCUT2D eigenvalue weighted by molar-refractivity contribution is 0.442. The third-order valence-electron chi connectivity index (χ3n) is 4.04. The second-order valence-electron chi connectivity index (χ2n) is 5.57. The van der Waals surface area contributed by atoms with Gasteiger partial charge in [0.05, 0.1) is 23.2 Å². The van der Waals surface area contributed by atoms with Crippen molar-refractivity contribution in [1.82, 2.24) is 14.5 Å². The molecule has 1 fully saturated rings. The Morgan fingerprint density at radius 1 is 1.35 bits per heavy atom. The lowest BCUT2D eigenvalue weighted by Crippen LogP contribution is -2.04. The fourth-order valence-corrected chi connectivity index (χ4v) is 4.01. The summed E-state index contributed by atoms with van der Waals surface area (Å²) in [7, 11) is 0. The fraction of sp³-hybridized carbons (Fsp3) is 0.600. The van der Waals surface area contributed by atoms with Crippen molar-refractivity contribution in [2.45, 2.75) is 57.9 Å². The van der Waals surface area contributed by atoms with Gasteiger partial charge in [-0.1, -0.05) is 26.2 Å². The van der Waals surface area contributed by atoms with Crippen molar-refractivity contribution in [3.8, 4) is 11.4 Å². The molecule has 2 heterocycles. The number of hydrogen-bond donors (Lipinski definition) is 1. The van der Waals surface area contributed by atoms with Crippen LogP contribution in [0.1, 0.15) is 56.4 Å². The number of hydrogen-bond acceptors (Lipinski definition) is 4. The predicted molar refractivity (Wildman–Crippen MR) is 83.9 cm³/mol. The van der Waals surface area contributed by atoms with Crippen molar-refractivity contribution in [3.05, 3.63) is 17.5 Å². The molecule has 0 saturated heterocycles. The maximum absolute atomic E-state index is 6.22. The van der Waals surface area contributed by atoms with Crippen molar-refractivity contribution in [2.75, 3.05) is 5.73 Å². The molecule has 0 radical (unpaired) electrons. The Morgan fingerprint density at radius 3 is 2.90 bits per heavy atom. The zero-order valence-electron chi connectivity index (χ0n) is 12.0. The summed E-state index contributed by atoms with van der Waals surface area (Å²) in [6, 6.07) is 0. The molecular weight excluding hydrogens is 268 g/mol. The number of thiazole rings is 1. The SMILES string of the molecule is CCCn1cncc1-c1nc(C2CCCCC2)sc1N. The first-order valence-corrected chi connectivity index (χ1v) is 8.38. The van der Waals surface area contributed by atoms with Crippen molar-refractivity contribution in [2.24, 2.45) is 0 Å². The zero-order valence-corrected chi connectivity index (χ0v) is 12.8. The van der Waals surface area contributed by atoms with E-state index in [2.05, 4.69) is 16.5 Å². The highest BCUT2D eigenvalue weighted by molar-refractivity contribution is 7.16. The van der Waals surface area contributed by atoms with E-state index in [9.17, 15) is 0 Å². The largest absolute Gasteiger partial charge is 0.389 e. The number of imidazole rings is 1. The van der Waals surface area contributed by atoms with Gasteiger partial charge in [-0.3, -0.25) is 0 Å². The van der Waals surface area contributed by atoms with Crippen LogP contribution in [0.3, 0.4) is 0 Å². The summed E-state index contributed by atoms with van der Waals surface area (Å²) in [6.45, 7) is 3.13. The highest BCUT2D eigenvalue weighted by Gasteiger charge is 2.22. The van der Waals surface area contributed by atoms with E-state index in [0.717, 1.165) is 29.4 Å². The van der Waals surface area contributed by atoms with Gasteiger partial charge < -0.3 is 10.3 Å². The molecule has 3 rings (SSSR count). The fourth-order valence-electron chi connectivity index (χ4n) is 2.99. The van der Waals surface area contributed by atoms with E-state index < -0.39 is 0 Å². The van der Waals surface area contributed by atoms with Gasteiger partial charge in [-0.2, -0.15) is 0 Å². The van der Waals surface area contributed by atoms with Gasteiger partial charge in [0.15, 0.2) is 0 Å². The minimum atomic E-state index is 0.618. The van der Waals surface area contributed by atoms with Gasteiger partial charge in [0.2, 0.25) is 0 Å². The van der Waals surface area contributed by atoms with Gasteiger partial charge in [0, 0.05) is 12.5 Å². The molecule has 0 aromatic carbocycles. The van der Waals surface area contributed by atoms with E-state index in [0.29, 0.717) is 5.92 Å². The van der Waals surface area contributed by atoms with E-state index in [1.54, 1.807) is 11.3 Å². The summed E-state index contributed by atoms with van der Waals surface area (Å²) in [5, 5.41) is 2.06. The quantitative estimate of drug-likeness (QED) is 0.924. The normalized spacial score (nSPS) is 16.6. The van der Waals surface area contributed by atoms with Crippen molar-refractivity contribution < 1.29 is 0 Å². The predicted octanol–water partition coefficient (Wildman–Crippen LogP) is 4.05. The Kier molecular flexibility index (Phi) is 4.05. The highest BCUT2D eigenvalue weighted by Crippen LogP contribution is 2.39. The molecule has 20 heavy (non-hydrogen) atoms. The number of aromatic nitrogens is 3.